The van der Waals surface area contributed by atoms with Gasteiger partial charge in [0, 0.05) is 40.9 Å². The fraction of sp³-hybridized carbons (Fsp3) is 0.333. The number of amides is 2. The van der Waals surface area contributed by atoms with E-state index in [4.69, 9.17) is 23.2 Å². The minimum absolute atomic E-state index is 0.0275. The molecule has 1 atom stereocenters. The van der Waals surface area contributed by atoms with Gasteiger partial charge < -0.3 is 31.3 Å². The van der Waals surface area contributed by atoms with E-state index < -0.39 is 42.5 Å². The lowest BCUT2D eigenvalue weighted by Gasteiger charge is -2.19. The summed E-state index contributed by atoms with van der Waals surface area (Å²) in [4.78, 5) is 40.9. The SMILES string of the molecule is O=C(O)C[C@@H](NC(=O)CNC(=O)c1cc(O)cc(NC2=NCCCCC2)c1)c1cc(Cl)cc(Cl)c1O. The quantitative estimate of drug-likeness (QED) is 0.298. The number of carbonyl (C=O) groups is 3. The van der Waals surface area contributed by atoms with Crippen LogP contribution in [-0.2, 0) is 9.59 Å². The lowest BCUT2D eigenvalue weighted by atomic mass is 10.0. The van der Waals surface area contributed by atoms with Crippen molar-refractivity contribution in [2.45, 2.75) is 38.1 Å². The first kappa shape index (κ1) is 27.1. The van der Waals surface area contributed by atoms with Crippen LogP contribution in [0.1, 0.15) is 54.1 Å². The molecule has 0 unspecified atom stereocenters. The number of hydrogen-bond donors (Lipinski definition) is 6. The molecule has 0 spiro atoms. The zero-order valence-electron chi connectivity index (χ0n) is 19.2. The molecule has 36 heavy (non-hydrogen) atoms. The van der Waals surface area contributed by atoms with Crippen molar-refractivity contribution in [1.82, 2.24) is 10.6 Å². The third-order valence-corrected chi connectivity index (χ3v) is 5.91. The Morgan fingerprint density at radius 2 is 1.81 bits per heavy atom. The molecule has 1 aliphatic rings. The predicted molar refractivity (Wildman–Crippen MR) is 136 cm³/mol. The summed E-state index contributed by atoms with van der Waals surface area (Å²) in [7, 11) is 0. The van der Waals surface area contributed by atoms with Gasteiger partial charge >= 0.3 is 5.97 Å². The summed E-state index contributed by atoms with van der Waals surface area (Å²) < 4.78 is 0. The molecular formula is C24H26Cl2N4O6. The van der Waals surface area contributed by atoms with Crippen molar-refractivity contribution >= 4 is 52.5 Å². The summed E-state index contributed by atoms with van der Waals surface area (Å²) in [5.74, 6) is -2.35. The highest BCUT2D eigenvalue weighted by molar-refractivity contribution is 6.35. The molecule has 10 nitrogen and oxygen atoms in total. The van der Waals surface area contributed by atoms with Crippen molar-refractivity contribution in [1.29, 1.82) is 0 Å². The lowest BCUT2D eigenvalue weighted by Crippen LogP contribution is -2.39. The Morgan fingerprint density at radius 1 is 1.03 bits per heavy atom. The smallest absolute Gasteiger partial charge is 0.305 e. The number of halogens is 2. The van der Waals surface area contributed by atoms with Gasteiger partial charge in [-0.05, 0) is 37.1 Å². The molecule has 0 radical (unpaired) electrons. The monoisotopic (exact) mass is 536 g/mol. The number of carboxylic acid groups (broad SMARTS) is 1. The highest BCUT2D eigenvalue weighted by Crippen LogP contribution is 2.36. The molecule has 3 rings (SSSR count). The van der Waals surface area contributed by atoms with Crippen LogP contribution < -0.4 is 16.0 Å². The Bertz CT molecular complexity index is 1190. The van der Waals surface area contributed by atoms with Gasteiger partial charge in [0.15, 0.2) is 0 Å². The molecule has 0 saturated heterocycles. The molecule has 0 bridgehead atoms. The molecule has 0 aromatic heterocycles. The molecular weight excluding hydrogens is 511 g/mol. The van der Waals surface area contributed by atoms with E-state index in [1.807, 2.05) is 0 Å². The predicted octanol–water partition coefficient (Wildman–Crippen LogP) is 3.85. The number of carbonyl (C=O) groups excluding carboxylic acids is 2. The van der Waals surface area contributed by atoms with E-state index >= 15 is 0 Å². The van der Waals surface area contributed by atoms with Gasteiger partial charge in [-0.15, -0.1) is 0 Å². The first-order valence-electron chi connectivity index (χ1n) is 11.2. The molecule has 0 aliphatic carbocycles. The molecule has 0 fully saturated rings. The summed E-state index contributed by atoms with van der Waals surface area (Å²) >= 11 is 11.9. The summed E-state index contributed by atoms with van der Waals surface area (Å²) in [6.07, 6.45) is 3.30. The highest BCUT2D eigenvalue weighted by Gasteiger charge is 2.23. The van der Waals surface area contributed by atoms with Crippen molar-refractivity contribution in [2.75, 3.05) is 18.4 Å². The Balaban J connectivity index is 1.66. The standard InChI is InChI=1S/C24H26Cl2N4O6/c25-14-8-17(23(35)18(26)9-14)19(11-22(33)34)30-21(32)12-28-24(36)13-6-15(10-16(31)7-13)29-20-4-2-1-3-5-27-20/h6-10,19,31,35H,1-5,11-12H2,(H,27,29)(H,28,36)(H,30,32)(H,33,34)/t19-/m1/s1. The number of phenolic OH excluding ortho intramolecular Hbond substituents is 2. The van der Waals surface area contributed by atoms with Crippen molar-refractivity contribution in [3.05, 3.63) is 51.5 Å². The number of phenols is 2. The van der Waals surface area contributed by atoms with Crippen LogP contribution >= 0.6 is 23.2 Å². The number of aliphatic carboxylic acids is 1. The van der Waals surface area contributed by atoms with Gasteiger partial charge in [0.1, 0.15) is 17.3 Å². The van der Waals surface area contributed by atoms with Gasteiger partial charge in [0.25, 0.3) is 5.91 Å². The van der Waals surface area contributed by atoms with Crippen LogP contribution in [-0.4, -0.2) is 52.0 Å². The molecule has 0 saturated carbocycles. The van der Waals surface area contributed by atoms with E-state index in [0.29, 0.717) is 12.2 Å². The first-order valence-corrected chi connectivity index (χ1v) is 12.0. The molecule has 2 amide bonds. The number of amidine groups is 1. The van der Waals surface area contributed by atoms with Crippen molar-refractivity contribution in [2.24, 2.45) is 4.99 Å². The van der Waals surface area contributed by atoms with Gasteiger partial charge in [-0.25, -0.2) is 0 Å². The van der Waals surface area contributed by atoms with Gasteiger partial charge in [0.05, 0.1) is 24.0 Å². The largest absolute Gasteiger partial charge is 0.508 e. The van der Waals surface area contributed by atoms with E-state index in [0.717, 1.165) is 31.5 Å². The fourth-order valence-corrected chi connectivity index (χ4v) is 4.24. The van der Waals surface area contributed by atoms with Crippen LogP contribution in [0, 0.1) is 0 Å². The second-order valence-corrected chi connectivity index (χ2v) is 9.10. The average Bonchev–Trinajstić information content (AvgIpc) is 3.07. The van der Waals surface area contributed by atoms with Gasteiger partial charge in [0.2, 0.25) is 5.91 Å². The van der Waals surface area contributed by atoms with Gasteiger partial charge in [-0.3, -0.25) is 19.4 Å². The number of benzene rings is 2. The number of carboxylic acids is 1. The number of hydrogen-bond acceptors (Lipinski definition) is 7. The number of nitrogens with zero attached hydrogens (tertiary/aromatic N) is 1. The van der Waals surface area contributed by atoms with Crippen LogP contribution in [0.4, 0.5) is 5.69 Å². The topological polar surface area (TPSA) is 160 Å². The number of anilines is 1. The van der Waals surface area contributed by atoms with E-state index in [1.54, 1.807) is 0 Å². The highest BCUT2D eigenvalue weighted by atomic mass is 35.5. The Hall–Kier alpha value is -3.50. The number of nitrogens with one attached hydrogen (secondary N) is 3. The minimum Gasteiger partial charge on any atom is -0.508 e. The fourth-order valence-electron chi connectivity index (χ4n) is 3.73. The number of aromatic hydroxyl groups is 2. The third kappa shape index (κ3) is 7.76. The lowest BCUT2D eigenvalue weighted by molar-refractivity contribution is -0.137. The molecule has 1 heterocycles. The van der Waals surface area contributed by atoms with E-state index in [-0.39, 0.29) is 26.9 Å². The van der Waals surface area contributed by atoms with E-state index in [9.17, 15) is 29.7 Å². The van der Waals surface area contributed by atoms with Gasteiger partial charge in [-0.1, -0.05) is 29.6 Å². The minimum atomic E-state index is -1.24. The second-order valence-electron chi connectivity index (χ2n) is 8.26. The van der Waals surface area contributed by atoms with Crippen LogP contribution in [0.2, 0.25) is 10.0 Å². The Kier molecular flexibility index (Phi) is 9.38. The zero-order valence-corrected chi connectivity index (χ0v) is 20.7. The Labute approximate surface area is 217 Å². The first-order chi connectivity index (χ1) is 17.1. The Morgan fingerprint density at radius 3 is 2.56 bits per heavy atom. The zero-order chi connectivity index (χ0) is 26.2. The van der Waals surface area contributed by atoms with Crippen molar-refractivity contribution < 1.29 is 29.7 Å². The maximum absolute atomic E-state index is 12.6. The molecule has 12 heteroatoms. The van der Waals surface area contributed by atoms with Gasteiger partial charge in [-0.2, -0.15) is 0 Å². The molecule has 2 aromatic carbocycles. The van der Waals surface area contributed by atoms with Crippen molar-refractivity contribution in [3.63, 3.8) is 0 Å². The summed E-state index contributed by atoms with van der Waals surface area (Å²) in [6, 6.07) is 5.68. The maximum atomic E-state index is 12.6. The van der Waals surface area contributed by atoms with E-state index in [1.165, 1.54) is 30.3 Å². The van der Waals surface area contributed by atoms with Crippen LogP contribution in [0.25, 0.3) is 0 Å². The molecule has 192 valence electrons. The normalized spacial score (nSPS) is 14.2. The summed E-state index contributed by atoms with van der Waals surface area (Å²) in [6.45, 7) is 0.223. The van der Waals surface area contributed by atoms with Crippen LogP contribution in [0.15, 0.2) is 35.3 Å². The second kappa shape index (κ2) is 12.5. The number of rotatable bonds is 8. The summed E-state index contributed by atoms with van der Waals surface area (Å²) in [5.41, 5.74) is 0.626. The van der Waals surface area contributed by atoms with Crippen molar-refractivity contribution in [3.8, 4) is 11.5 Å². The number of aliphatic imine (C=N–C) groups is 1. The molecule has 2 aromatic rings. The third-order valence-electron chi connectivity index (χ3n) is 5.40. The van der Waals surface area contributed by atoms with E-state index in [2.05, 4.69) is 20.9 Å². The van der Waals surface area contributed by atoms with Crippen LogP contribution in [0.3, 0.4) is 0 Å². The van der Waals surface area contributed by atoms with Crippen LogP contribution in [0.5, 0.6) is 11.5 Å². The average molecular weight is 537 g/mol. The maximum Gasteiger partial charge on any atom is 0.305 e. The summed E-state index contributed by atoms with van der Waals surface area (Å²) in [5, 5.41) is 37.6. The molecule has 6 N–H and O–H groups in total. The molecule has 1 aliphatic heterocycles.